The fourth-order valence-corrected chi connectivity index (χ4v) is 2.63. The van der Waals surface area contributed by atoms with Gasteiger partial charge in [0.15, 0.2) is 18.3 Å². The number of esters is 3. The predicted molar refractivity (Wildman–Crippen MR) is 75.1 cm³/mol. The first-order valence-electron chi connectivity index (χ1n) is 6.99. The van der Waals surface area contributed by atoms with E-state index in [1.54, 1.807) is 0 Å². The van der Waals surface area contributed by atoms with E-state index in [0.29, 0.717) is 0 Å². The highest BCUT2D eigenvalue weighted by Crippen LogP contribution is 2.31. The zero-order valence-electron chi connectivity index (χ0n) is 13.7. The molecule has 1 fully saturated rings. The second-order valence-electron chi connectivity index (χ2n) is 5.15. The molecule has 0 bridgehead atoms. The van der Waals surface area contributed by atoms with Gasteiger partial charge in [0.05, 0.1) is 6.04 Å². The molecule has 1 aliphatic rings. The van der Waals surface area contributed by atoms with E-state index in [0.717, 1.165) is 0 Å². The van der Waals surface area contributed by atoms with E-state index in [9.17, 15) is 19.2 Å². The fraction of sp³-hybridized carbons (Fsp3) is 0.714. The third-order valence-electron chi connectivity index (χ3n) is 3.23. The molecule has 0 saturated heterocycles. The van der Waals surface area contributed by atoms with Crippen LogP contribution < -0.4 is 5.32 Å². The lowest BCUT2D eigenvalue weighted by atomic mass is 10.1. The van der Waals surface area contributed by atoms with Crippen molar-refractivity contribution in [2.45, 2.75) is 58.2 Å². The van der Waals surface area contributed by atoms with Crippen LogP contribution in [0.5, 0.6) is 0 Å². The first-order valence-corrected chi connectivity index (χ1v) is 6.99. The van der Waals surface area contributed by atoms with Crippen molar-refractivity contribution >= 4 is 23.8 Å². The second-order valence-corrected chi connectivity index (χ2v) is 5.15. The highest BCUT2D eigenvalue weighted by molar-refractivity contribution is 5.74. The van der Waals surface area contributed by atoms with Gasteiger partial charge in [0, 0.05) is 34.8 Å². The average molecular weight is 331 g/mol. The van der Waals surface area contributed by atoms with E-state index >= 15 is 0 Å². The van der Waals surface area contributed by atoms with Gasteiger partial charge in [-0.2, -0.15) is 0 Å². The zero-order chi connectivity index (χ0) is 17.7. The van der Waals surface area contributed by atoms with Crippen LogP contribution in [0.25, 0.3) is 0 Å². The van der Waals surface area contributed by atoms with Crippen LogP contribution in [0.4, 0.5) is 0 Å². The van der Waals surface area contributed by atoms with Crippen LogP contribution in [0, 0.1) is 0 Å². The summed E-state index contributed by atoms with van der Waals surface area (Å²) >= 11 is 0. The molecule has 1 aliphatic carbocycles. The first-order chi connectivity index (χ1) is 10.7. The topological polar surface area (TPSA) is 117 Å². The van der Waals surface area contributed by atoms with Crippen LogP contribution in [-0.2, 0) is 38.1 Å². The quantitative estimate of drug-likeness (QED) is 0.520. The minimum absolute atomic E-state index is 0.403. The van der Waals surface area contributed by atoms with Crippen molar-refractivity contribution in [2.24, 2.45) is 0 Å². The number of hydrogen-bond acceptors (Lipinski definition) is 8. The van der Waals surface area contributed by atoms with E-state index in [-0.39, 0.29) is 0 Å². The molecule has 0 unspecified atom stereocenters. The third-order valence-corrected chi connectivity index (χ3v) is 3.23. The predicted octanol–water partition coefficient (Wildman–Crippen LogP) is -0.685. The monoisotopic (exact) mass is 331 g/mol. The van der Waals surface area contributed by atoms with Crippen LogP contribution in [0.3, 0.4) is 0 Å². The van der Waals surface area contributed by atoms with Crippen molar-refractivity contribution in [3.8, 4) is 0 Å². The number of carbonyl (C=O) groups excluding carboxylic acids is 4. The molecule has 0 aliphatic heterocycles. The van der Waals surface area contributed by atoms with Crippen LogP contribution in [0.2, 0.25) is 0 Å². The molecule has 0 heterocycles. The van der Waals surface area contributed by atoms with Crippen LogP contribution in [0.1, 0.15) is 27.7 Å². The number of ether oxygens (including phenoxy) is 4. The molecule has 0 aromatic rings. The van der Waals surface area contributed by atoms with Crippen LogP contribution in [-0.4, -0.2) is 61.4 Å². The Bertz CT molecular complexity index is 449. The van der Waals surface area contributed by atoms with Crippen LogP contribution in [0.15, 0.2) is 0 Å². The van der Waals surface area contributed by atoms with Crippen molar-refractivity contribution < 1.29 is 38.1 Å². The lowest BCUT2D eigenvalue weighted by Gasteiger charge is -2.25. The van der Waals surface area contributed by atoms with Gasteiger partial charge >= 0.3 is 17.9 Å². The van der Waals surface area contributed by atoms with Gasteiger partial charge in [-0.15, -0.1) is 0 Å². The van der Waals surface area contributed by atoms with Gasteiger partial charge in [-0.1, -0.05) is 0 Å². The zero-order valence-corrected chi connectivity index (χ0v) is 13.7. The maximum Gasteiger partial charge on any atom is 0.303 e. The van der Waals surface area contributed by atoms with E-state index in [1.807, 2.05) is 0 Å². The van der Waals surface area contributed by atoms with Crippen molar-refractivity contribution in [2.75, 3.05) is 7.11 Å². The van der Waals surface area contributed by atoms with E-state index in [1.165, 1.54) is 34.8 Å². The largest absolute Gasteiger partial charge is 0.456 e. The van der Waals surface area contributed by atoms with E-state index < -0.39 is 54.3 Å². The Morgan fingerprint density at radius 2 is 1.09 bits per heavy atom. The Kier molecular flexibility index (Phi) is 6.49. The molecule has 23 heavy (non-hydrogen) atoms. The van der Waals surface area contributed by atoms with Crippen molar-refractivity contribution in [3.05, 3.63) is 0 Å². The van der Waals surface area contributed by atoms with Gasteiger partial charge < -0.3 is 24.3 Å². The molecule has 1 N–H and O–H groups in total. The van der Waals surface area contributed by atoms with Gasteiger partial charge in [0.25, 0.3) is 0 Å². The summed E-state index contributed by atoms with van der Waals surface area (Å²) < 4.78 is 20.8. The van der Waals surface area contributed by atoms with E-state index in [4.69, 9.17) is 18.9 Å². The lowest BCUT2D eigenvalue weighted by molar-refractivity contribution is -0.177. The van der Waals surface area contributed by atoms with Crippen molar-refractivity contribution in [3.63, 3.8) is 0 Å². The van der Waals surface area contributed by atoms with Crippen molar-refractivity contribution in [1.82, 2.24) is 5.32 Å². The summed E-state index contributed by atoms with van der Waals surface area (Å²) in [4.78, 5) is 45.5. The molecule has 9 heteroatoms. The standard InChI is InChI=1S/C14H21NO8/c1-6(16)15-10-11(20-5)13(22-8(3)18)14(23-9(4)19)12(10)21-7(2)17/h10-14H,1-5H3,(H,15,16)/t10-,11+,12-,13+,14-/m1/s1. The minimum Gasteiger partial charge on any atom is -0.456 e. The van der Waals surface area contributed by atoms with Gasteiger partial charge in [-0.05, 0) is 0 Å². The summed E-state index contributed by atoms with van der Waals surface area (Å²) in [7, 11) is 1.34. The molecule has 1 saturated carbocycles. The maximum atomic E-state index is 11.4. The lowest BCUT2D eigenvalue weighted by Crippen LogP contribution is -2.49. The number of amides is 1. The Morgan fingerprint density at radius 3 is 1.43 bits per heavy atom. The number of hydrogen-bond donors (Lipinski definition) is 1. The van der Waals surface area contributed by atoms with Crippen LogP contribution >= 0.6 is 0 Å². The molecule has 0 radical (unpaired) electrons. The Morgan fingerprint density at radius 1 is 0.696 bits per heavy atom. The molecule has 0 aromatic carbocycles. The van der Waals surface area contributed by atoms with E-state index in [2.05, 4.69) is 5.32 Å². The minimum atomic E-state index is -1.10. The summed E-state index contributed by atoms with van der Waals surface area (Å²) in [6.45, 7) is 4.81. The number of rotatable bonds is 5. The summed E-state index contributed by atoms with van der Waals surface area (Å²) in [6, 6.07) is -0.838. The molecular formula is C14H21NO8. The van der Waals surface area contributed by atoms with Gasteiger partial charge in [0.1, 0.15) is 6.10 Å². The molecule has 0 spiro atoms. The fourth-order valence-electron chi connectivity index (χ4n) is 2.63. The normalized spacial score (nSPS) is 29.5. The Hall–Kier alpha value is -2.16. The maximum absolute atomic E-state index is 11.4. The average Bonchev–Trinajstić information content (AvgIpc) is 2.62. The Balaban J connectivity index is 3.23. The highest BCUT2D eigenvalue weighted by atomic mass is 16.6. The SMILES string of the molecule is CO[C@H]1[C@@H](NC(C)=O)[C@@H](OC(C)=O)[C@@H](OC(C)=O)[C@H]1OC(C)=O. The molecule has 1 rings (SSSR count). The second kappa shape index (κ2) is 7.91. The first kappa shape index (κ1) is 18.9. The van der Waals surface area contributed by atoms with Crippen molar-refractivity contribution in [1.29, 1.82) is 0 Å². The third kappa shape index (κ3) is 4.92. The summed E-state index contributed by atoms with van der Waals surface area (Å²) in [5, 5.41) is 2.58. The molecule has 5 atom stereocenters. The smallest absolute Gasteiger partial charge is 0.303 e. The summed E-state index contributed by atoms with van der Waals surface area (Å²) in [5.74, 6) is -2.32. The molecule has 1 amide bonds. The molecule has 0 aromatic heterocycles. The summed E-state index contributed by atoms with van der Waals surface area (Å²) in [6.07, 6.45) is -4.02. The molecule has 130 valence electrons. The summed E-state index contributed by atoms with van der Waals surface area (Å²) in [5.41, 5.74) is 0. The molecular weight excluding hydrogens is 310 g/mol. The Labute approximate surface area is 133 Å². The van der Waals surface area contributed by atoms with Gasteiger partial charge in [-0.25, -0.2) is 0 Å². The number of methoxy groups -OCH3 is 1. The highest BCUT2D eigenvalue weighted by Gasteiger charge is 2.57. The number of carbonyl (C=O) groups is 4. The molecule has 9 nitrogen and oxygen atoms in total. The number of nitrogens with one attached hydrogen (secondary N) is 1. The van der Waals surface area contributed by atoms with Gasteiger partial charge in [-0.3, -0.25) is 19.2 Å². The van der Waals surface area contributed by atoms with Gasteiger partial charge in [0.2, 0.25) is 5.91 Å².